The molecule has 2 aromatic rings. The SMILES string of the molecule is COC(=O)[C@@H](CC(C)C)NC(=O)c1oc2ccccc2c1C. The monoisotopic (exact) mass is 303 g/mol. The van der Waals surface area contributed by atoms with Crippen LogP contribution in [-0.4, -0.2) is 25.0 Å². The lowest BCUT2D eigenvalue weighted by atomic mass is 10.0. The van der Waals surface area contributed by atoms with E-state index in [1.807, 2.05) is 45.0 Å². The summed E-state index contributed by atoms with van der Waals surface area (Å²) in [6.07, 6.45) is 0.512. The van der Waals surface area contributed by atoms with E-state index in [9.17, 15) is 9.59 Å². The van der Waals surface area contributed by atoms with E-state index in [0.717, 1.165) is 10.9 Å². The van der Waals surface area contributed by atoms with Gasteiger partial charge in [-0.1, -0.05) is 32.0 Å². The van der Waals surface area contributed by atoms with Crippen LogP contribution in [0.5, 0.6) is 0 Å². The maximum Gasteiger partial charge on any atom is 0.328 e. The number of nitrogens with one attached hydrogen (secondary N) is 1. The maximum atomic E-state index is 12.4. The third kappa shape index (κ3) is 3.30. The van der Waals surface area contributed by atoms with Gasteiger partial charge in [0.2, 0.25) is 0 Å². The molecule has 1 amide bonds. The molecule has 0 aliphatic rings. The lowest BCUT2D eigenvalue weighted by molar-refractivity contribution is -0.143. The highest BCUT2D eigenvalue weighted by molar-refractivity contribution is 6.00. The van der Waals surface area contributed by atoms with Crippen LogP contribution in [0, 0.1) is 12.8 Å². The Morgan fingerprint density at radius 1 is 1.27 bits per heavy atom. The maximum absolute atomic E-state index is 12.4. The fourth-order valence-electron chi connectivity index (χ4n) is 2.44. The minimum Gasteiger partial charge on any atom is -0.467 e. The van der Waals surface area contributed by atoms with Crippen LogP contribution in [0.1, 0.15) is 36.4 Å². The van der Waals surface area contributed by atoms with Gasteiger partial charge in [0, 0.05) is 10.9 Å². The van der Waals surface area contributed by atoms with E-state index < -0.39 is 17.9 Å². The smallest absolute Gasteiger partial charge is 0.328 e. The summed E-state index contributed by atoms with van der Waals surface area (Å²) >= 11 is 0. The number of benzene rings is 1. The number of ether oxygens (including phenoxy) is 1. The van der Waals surface area contributed by atoms with Crippen molar-refractivity contribution >= 4 is 22.8 Å². The molecule has 1 N–H and O–H groups in total. The van der Waals surface area contributed by atoms with Gasteiger partial charge in [0.05, 0.1) is 7.11 Å². The predicted molar refractivity (Wildman–Crippen MR) is 83.7 cm³/mol. The van der Waals surface area contributed by atoms with Crippen molar-refractivity contribution in [2.45, 2.75) is 33.2 Å². The third-order valence-corrected chi connectivity index (χ3v) is 3.55. The zero-order chi connectivity index (χ0) is 16.3. The third-order valence-electron chi connectivity index (χ3n) is 3.55. The number of hydrogen-bond donors (Lipinski definition) is 1. The number of aryl methyl sites for hydroxylation is 1. The van der Waals surface area contributed by atoms with Gasteiger partial charge in [0.15, 0.2) is 5.76 Å². The lowest BCUT2D eigenvalue weighted by Crippen LogP contribution is -2.42. The van der Waals surface area contributed by atoms with Crippen molar-refractivity contribution in [2.24, 2.45) is 5.92 Å². The number of amides is 1. The van der Waals surface area contributed by atoms with E-state index in [1.165, 1.54) is 7.11 Å². The van der Waals surface area contributed by atoms with Gasteiger partial charge < -0.3 is 14.5 Å². The van der Waals surface area contributed by atoms with Gasteiger partial charge in [-0.3, -0.25) is 4.79 Å². The summed E-state index contributed by atoms with van der Waals surface area (Å²) in [7, 11) is 1.31. The van der Waals surface area contributed by atoms with E-state index in [-0.39, 0.29) is 11.7 Å². The average molecular weight is 303 g/mol. The molecule has 0 fully saturated rings. The van der Waals surface area contributed by atoms with E-state index in [4.69, 9.17) is 9.15 Å². The van der Waals surface area contributed by atoms with E-state index in [2.05, 4.69) is 5.32 Å². The van der Waals surface area contributed by atoms with Crippen LogP contribution in [-0.2, 0) is 9.53 Å². The molecule has 1 atom stereocenters. The summed E-state index contributed by atoms with van der Waals surface area (Å²) in [6.45, 7) is 5.79. The van der Waals surface area contributed by atoms with Gasteiger partial charge in [0.25, 0.3) is 5.91 Å². The summed E-state index contributed by atoms with van der Waals surface area (Å²) in [4.78, 5) is 24.2. The molecule has 5 nitrogen and oxygen atoms in total. The number of furan rings is 1. The number of methoxy groups -OCH3 is 1. The first-order valence-corrected chi connectivity index (χ1v) is 7.30. The van der Waals surface area contributed by atoms with Crippen molar-refractivity contribution in [3.8, 4) is 0 Å². The molecule has 0 aliphatic carbocycles. The van der Waals surface area contributed by atoms with Gasteiger partial charge in [-0.15, -0.1) is 0 Å². The van der Waals surface area contributed by atoms with E-state index in [1.54, 1.807) is 0 Å². The van der Waals surface area contributed by atoms with Crippen molar-refractivity contribution in [3.63, 3.8) is 0 Å². The normalized spacial score (nSPS) is 12.4. The molecule has 22 heavy (non-hydrogen) atoms. The molecule has 0 unspecified atom stereocenters. The molecule has 1 heterocycles. The van der Waals surface area contributed by atoms with Gasteiger partial charge in [-0.2, -0.15) is 0 Å². The van der Waals surface area contributed by atoms with Crippen LogP contribution in [0.15, 0.2) is 28.7 Å². The Kier molecular flexibility index (Phi) is 4.85. The second kappa shape index (κ2) is 6.64. The molecule has 2 rings (SSSR count). The van der Waals surface area contributed by atoms with Crippen LogP contribution in [0.25, 0.3) is 11.0 Å². The second-order valence-corrected chi connectivity index (χ2v) is 5.73. The molecular weight excluding hydrogens is 282 g/mol. The highest BCUT2D eigenvalue weighted by atomic mass is 16.5. The highest BCUT2D eigenvalue weighted by Crippen LogP contribution is 2.25. The van der Waals surface area contributed by atoms with Crippen molar-refractivity contribution in [1.82, 2.24) is 5.32 Å². The second-order valence-electron chi connectivity index (χ2n) is 5.73. The zero-order valence-electron chi connectivity index (χ0n) is 13.3. The summed E-state index contributed by atoms with van der Waals surface area (Å²) in [5.41, 5.74) is 1.42. The van der Waals surface area contributed by atoms with Gasteiger partial charge in [-0.25, -0.2) is 4.79 Å². The minimum atomic E-state index is -0.676. The van der Waals surface area contributed by atoms with Gasteiger partial charge >= 0.3 is 5.97 Å². The largest absolute Gasteiger partial charge is 0.467 e. The number of rotatable bonds is 5. The molecule has 0 radical (unpaired) electrons. The van der Waals surface area contributed by atoms with Crippen LogP contribution >= 0.6 is 0 Å². The summed E-state index contributed by atoms with van der Waals surface area (Å²) in [5, 5.41) is 3.60. The number of esters is 1. The van der Waals surface area contributed by atoms with E-state index >= 15 is 0 Å². The van der Waals surface area contributed by atoms with Crippen LogP contribution in [0.4, 0.5) is 0 Å². The Morgan fingerprint density at radius 2 is 1.95 bits per heavy atom. The first kappa shape index (κ1) is 16.1. The number of fused-ring (bicyclic) bond motifs is 1. The fourth-order valence-corrected chi connectivity index (χ4v) is 2.44. The minimum absolute atomic E-state index is 0.235. The van der Waals surface area contributed by atoms with Crippen LogP contribution in [0.3, 0.4) is 0 Å². The lowest BCUT2D eigenvalue weighted by Gasteiger charge is -2.17. The molecule has 1 aromatic heterocycles. The molecule has 1 aromatic carbocycles. The van der Waals surface area contributed by atoms with Crippen LogP contribution < -0.4 is 5.32 Å². The number of carbonyl (C=O) groups is 2. The van der Waals surface area contributed by atoms with Crippen molar-refractivity contribution in [2.75, 3.05) is 7.11 Å². The Balaban J connectivity index is 2.25. The number of para-hydroxylation sites is 1. The van der Waals surface area contributed by atoms with Crippen molar-refractivity contribution in [3.05, 3.63) is 35.6 Å². The Morgan fingerprint density at radius 3 is 2.55 bits per heavy atom. The Bertz CT molecular complexity index is 687. The molecule has 5 heteroatoms. The zero-order valence-corrected chi connectivity index (χ0v) is 13.3. The molecule has 0 saturated heterocycles. The van der Waals surface area contributed by atoms with Crippen molar-refractivity contribution < 1.29 is 18.7 Å². The molecule has 0 spiro atoms. The van der Waals surface area contributed by atoms with Gasteiger partial charge in [0.1, 0.15) is 11.6 Å². The average Bonchev–Trinajstić information content (AvgIpc) is 2.83. The quantitative estimate of drug-likeness (QED) is 0.862. The number of carbonyl (C=O) groups excluding carboxylic acids is 2. The number of hydrogen-bond acceptors (Lipinski definition) is 4. The molecule has 0 aliphatic heterocycles. The Labute approximate surface area is 129 Å². The summed E-state index contributed by atoms with van der Waals surface area (Å²) in [5.74, 6) is -0.361. The summed E-state index contributed by atoms with van der Waals surface area (Å²) in [6, 6.07) is 6.78. The van der Waals surface area contributed by atoms with Crippen molar-refractivity contribution in [1.29, 1.82) is 0 Å². The van der Waals surface area contributed by atoms with Crippen LogP contribution in [0.2, 0.25) is 0 Å². The molecular formula is C17H21NO4. The predicted octanol–water partition coefficient (Wildman–Crippen LogP) is 3.06. The standard InChI is InChI=1S/C17H21NO4/c1-10(2)9-13(17(20)21-4)18-16(19)15-11(3)12-7-5-6-8-14(12)22-15/h5-8,10,13H,9H2,1-4H3,(H,18,19)/t13-/m1/s1. The molecule has 0 bridgehead atoms. The molecule has 0 saturated carbocycles. The fraction of sp³-hybridized carbons (Fsp3) is 0.412. The Hall–Kier alpha value is -2.30. The first-order valence-electron chi connectivity index (χ1n) is 7.30. The van der Waals surface area contributed by atoms with Gasteiger partial charge in [-0.05, 0) is 25.3 Å². The van der Waals surface area contributed by atoms with E-state index in [0.29, 0.717) is 12.0 Å². The highest BCUT2D eigenvalue weighted by Gasteiger charge is 2.26. The summed E-state index contributed by atoms with van der Waals surface area (Å²) < 4.78 is 10.4. The topological polar surface area (TPSA) is 68.5 Å². The molecule has 118 valence electrons. The first-order chi connectivity index (χ1) is 10.4.